The number of hydrogen-bond donors (Lipinski definition) is 1. The van der Waals surface area contributed by atoms with E-state index in [9.17, 15) is 4.39 Å². The van der Waals surface area contributed by atoms with Crippen molar-refractivity contribution in [2.45, 2.75) is 25.8 Å². The summed E-state index contributed by atoms with van der Waals surface area (Å²) in [6.45, 7) is 3.69. The van der Waals surface area contributed by atoms with Gasteiger partial charge in [0.15, 0.2) is 11.6 Å². The third kappa shape index (κ3) is 2.70. The Kier molecular flexibility index (Phi) is 3.72. The normalized spacial score (nSPS) is 19.4. The van der Waals surface area contributed by atoms with Gasteiger partial charge in [-0.15, -0.1) is 0 Å². The summed E-state index contributed by atoms with van der Waals surface area (Å²) in [6.07, 6.45) is 3.66. The van der Waals surface area contributed by atoms with Crippen molar-refractivity contribution >= 4 is 5.82 Å². The van der Waals surface area contributed by atoms with Gasteiger partial charge in [0.05, 0.1) is 0 Å². The molecule has 1 unspecified atom stereocenters. The van der Waals surface area contributed by atoms with Gasteiger partial charge in [-0.05, 0) is 37.8 Å². The fraction of sp³-hybridized carbons (Fsp3) is 0.583. The van der Waals surface area contributed by atoms with Crippen LogP contribution in [0.4, 0.5) is 10.2 Å². The molecule has 4 heteroatoms. The van der Waals surface area contributed by atoms with E-state index >= 15 is 0 Å². The second-order valence-corrected chi connectivity index (χ2v) is 4.22. The topological polar surface area (TPSA) is 34.2 Å². The van der Waals surface area contributed by atoms with Crippen LogP contribution in [0.15, 0.2) is 18.3 Å². The molecule has 1 fully saturated rings. The van der Waals surface area contributed by atoms with Gasteiger partial charge in [-0.2, -0.15) is 0 Å². The van der Waals surface area contributed by atoms with E-state index in [0.29, 0.717) is 11.7 Å². The number of anilines is 1. The van der Waals surface area contributed by atoms with E-state index in [1.54, 1.807) is 12.3 Å². The summed E-state index contributed by atoms with van der Waals surface area (Å²) in [5.41, 5.74) is 0. The summed E-state index contributed by atoms with van der Waals surface area (Å²) in [6, 6.07) is 3.25. The van der Waals surface area contributed by atoms with E-state index in [4.69, 9.17) is 4.74 Å². The fourth-order valence-electron chi connectivity index (χ4n) is 2.04. The predicted octanol–water partition coefficient (Wildman–Crippen LogP) is 2.45. The standard InChI is InChI=1S/C12H17FN2O/c1-9(10-4-7-16-8-5-10)15-12-11(13)3-2-6-14-12/h2-3,6,9-10H,4-5,7-8H2,1H3,(H,14,15). The largest absolute Gasteiger partial charge is 0.381 e. The summed E-state index contributed by atoms with van der Waals surface area (Å²) in [5, 5.41) is 3.14. The molecule has 0 saturated carbocycles. The average Bonchev–Trinajstić information content (AvgIpc) is 2.33. The van der Waals surface area contributed by atoms with Crippen LogP contribution in [-0.4, -0.2) is 24.2 Å². The Labute approximate surface area is 95.0 Å². The van der Waals surface area contributed by atoms with Crippen molar-refractivity contribution in [3.63, 3.8) is 0 Å². The first-order valence-electron chi connectivity index (χ1n) is 5.72. The highest BCUT2D eigenvalue weighted by Crippen LogP contribution is 2.21. The van der Waals surface area contributed by atoms with Gasteiger partial charge in [0.1, 0.15) is 0 Å². The van der Waals surface area contributed by atoms with Crippen LogP contribution in [0.1, 0.15) is 19.8 Å². The Morgan fingerprint density at radius 2 is 2.25 bits per heavy atom. The molecular formula is C12H17FN2O. The van der Waals surface area contributed by atoms with Crippen molar-refractivity contribution in [3.8, 4) is 0 Å². The lowest BCUT2D eigenvalue weighted by atomic mass is 9.93. The van der Waals surface area contributed by atoms with Crippen LogP contribution < -0.4 is 5.32 Å². The number of aromatic nitrogens is 1. The summed E-state index contributed by atoms with van der Waals surface area (Å²) >= 11 is 0. The van der Waals surface area contributed by atoms with Gasteiger partial charge < -0.3 is 10.1 Å². The number of rotatable bonds is 3. The third-order valence-corrected chi connectivity index (χ3v) is 3.10. The maximum Gasteiger partial charge on any atom is 0.165 e. The van der Waals surface area contributed by atoms with Crippen molar-refractivity contribution in [1.82, 2.24) is 4.98 Å². The number of hydrogen-bond acceptors (Lipinski definition) is 3. The molecule has 2 rings (SSSR count). The second kappa shape index (κ2) is 5.25. The zero-order chi connectivity index (χ0) is 11.4. The van der Waals surface area contributed by atoms with E-state index in [1.807, 2.05) is 0 Å². The smallest absolute Gasteiger partial charge is 0.165 e. The molecule has 3 nitrogen and oxygen atoms in total. The van der Waals surface area contributed by atoms with Crippen molar-refractivity contribution < 1.29 is 9.13 Å². The first-order valence-corrected chi connectivity index (χ1v) is 5.72. The summed E-state index contributed by atoms with van der Waals surface area (Å²) in [7, 11) is 0. The van der Waals surface area contributed by atoms with Gasteiger partial charge in [-0.25, -0.2) is 9.37 Å². The zero-order valence-electron chi connectivity index (χ0n) is 9.45. The molecule has 88 valence electrons. The molecular weight excluding hydrogens is 207 g/mol. The van der Waals surface area contributed by atoms with Gasteiger partial charge in [0.2, 0.25) is 0 Å². The number of nitrogens with zero attached hydrogens (tertiary/aromatic N) is 1. The van der Waals surface area contributed by atoms with Crippen LogP contribution in [0.25, 0.3) is 0 Å². The van der Waals surface area contributed by atoms with E-state index in [2.05, 4.69) is 17.2 Å². The molecule has 2 heterocycles. The average molecular weight is 224 g/mol. The first kappa shape index (κ1) is 11.3. The van der Waals surface area contributed by atoms with Crippen LogP contribution in [0, 0.1) is 11.7 Å². The molecule has 1 aromatic heterocycles. The first-order chi connectivity index (χ1) is 7.77. The van der Waals surface area contributed by atoms with E-state index < -0.39 is 0 Å². The third-order valence-electron chi connectivity index (χ3n) is 3.10. The van der Waals surface area contributed by atoms with Crippen molar-refractivity contribution in [1.29, 1.82) is 0 Å². The van der Waals surface area contributed by atoms with Crippen molar-refractivity contribution in [3.05, 3.63) is 24.1 Å². The van der Waals surface area contributed by atoms with Crippen molar-refractivity contribution in [2.24, 2.45) is 5.92 Å². The molecule has 0 radical (unpaired) electrons. The molecule has 1 atom stereocenters. The lowest BCUT2D eigenvalue weighted by Gasteiger charge is -2.28. The lowest BCUT2D eigenvalue weighted by molar-refractivity contribution is 0.0622. The van der Waals surface area contributed by atoms with Gasteiger partial charge in [-0.1, -0.05) is 0 Å². The maximum atomic E-state index is 13.4. The Hall–Kier alpha value is -1.16. The SMILES string of the molecule is CC(Nc1ncccc1F)C1CCOCC1. The van der Waals surface area contributed by atoms with Gasteiger partial charge in [0.25, 0.3) is 0 Å². The minimum atomic E-state index is -0.290. The Balaban J connectivity index is 1.96. The summed E-state index contributed by atoms with van der Waals surface area (Å²) < 4.78 is 18.7. The molecule has 0 aliphatic carbocycles. The monoisotopic (exact) mass is 224 g/mol. The molecule has 1 N–H and O–H groups in total. The van der Waals surface area contributed by atoms with E-state index in [-0.39, 0.29) is 11.9 Å². The minimum Gasteiger partial charge on any atom is -0.381 e. The van der Waals surface area contributed by atoms with Crippen LogP contribution in [0.3, 0.4) is 0 Å². The highest BCUT2D eigenvalue weighted by Gasteiger charge is 2.21. The Morgan fingerprint density at radius 1 is 1.50 bits per heavy atom. The lowest BCUT2D eigenvalue weighted by Crippen LogP contribution is -2.31. The molecule has 0 bridgehead atoms. The maximum absolute atomic E-state index is 13.4. The van der Waals surface area contributed by atoms with E-state index in [1.165, 1.54) is 6.07 Å². The van der Waals surface area contributed by atoms with Gasteiger partial charge in [-0.3, -0.25) is 0 Å². The van der Waals surface area contributed by atoms with E-state index in [0.717, 1.165) is 26.1 Å². The highest BCUT2D eigenvalue weighted by atomic mass is 19.1. The number of nitrogens with one attached hydrogen (secondary N) is 1. The number of ether oxygens (including phenoxy) is 1. The molecule has 0 amide bonds. The van der Waals surface area contributed by atoms with Crippen LogP contribution in [-0.2, 0) is 4.74 Å². The summed E-state index contributed by atoms with van der Waals surface area (Å²) in [5.74, 6) is 0.595. The second-order valence-electron chi connectivity index (χ2n) is 4.22. The number of halogens is 1. The predicted molar refractivity (Wildman–Crippen MR) is 60.8 cm³/mol. The quantitative estimate of drug-likeness (QED) is 0.856. The molecule has 0 aromatic carbocycles. The number of pyridine rings is 1. The van der Waals surface area contributed by atoms with Crippen LogP contribution >= 0.6 is 0 Å². The van der Waals surface area contributed by atoms with Crippen LogP contribution in [0.5, 0.6) is 0 Å². The minimum absolute atomic E-state index is 0.230. The molecule has 16 heavy (non-hydrogen) atoms. The molecule has 1 aliphatic rings. The molecule has 1 aromatic rings. The molecule has 1 saturated heterocycles. The van der Waals surface area contributed by atoms with Crippen LogP contribution in [0.2, 0.25) is 0 Å². The fourth-order valence-corrected chi connectivity index (χ4v) is 2.04. The Bertz CT molecular complexity index is 340. The molecule has 0 spiro atoms. The van der Waals surface area contributed by atoms with Crippen molar-refractivity contribution in [2.75, 3.05) is 18.5 Å². The highest BCUT2D eigenvalue weighted by molar-refractivity contribution is 5.36. The zero-order valence-corrected chi connectivity index (χ0v) is 9.45. The van der Waals surface area contributed by atoms with Gasteiger partial charge >= 0.3 is 0 Å². The Morgan fingerprint density at radius 3 is 2.94 bits per heavy atom. The molecule has 1 aliphatic heterocycles. The van der Waals surface area contributed by atoms with Gasteiger partial charge in [0, 0.05) is 25.5 Å². The summed E-state index contributed by atoms with van der Waals surface area (Å²) in [4.78, 5) is 4.00.